The smallest absolute Gasteiger partial charge is 0.352 e. The van der Waals surface area contributed by atoms with Crippen LogP contribution in [0.2, 0.25) is 0 Å². The highest BCUT2D eigenvalue weighted by atomic mass is 32.2. The molecule has 0 radical (unpaired) electrons. The van der Waals surface area contributed by atoms with E-state index in [1.165, 1.54) is 43.1 Å². The van der Waals surface area contributed by atoms with Gasteiger partial charge in [-0.2, -0.15) is 0 Å². The van der Waals surface area contributed by atoms with Gasteiger partial charge >= 0.3 is 11.9 Å². The normalized spacial score (nSPS) is 18.8. The molecule has 5 rings (SSSR count). The topological polar surface area (TPSA) is 234 Å². The number of phenolic OH excluding ortho intramolecular Hbond substituents is 2. The number of thioether (sulfide) groups is 1. The molecule has 0 bridgehead atoms. The van der Waals surface area contributed by atoms with Crippen LogP contribution in [-0.4, -0.2) is 87.1 Å². The molecule has 2 aliphatic heterocycles. The number of hydrogen-bond donors (Lipinski definition) is 6. The van der Waals surface area contributed by atoms with Gasteiger partial charge in [-0.15, -0.1) is 23.1 Å². The maximum Gasteiger partial charge on any atom is 0.352 e. The maximum atomic E-state index is 13.3. The quantitative estimate of drug-likeness (QED) is 0.0599. The van der Waals surface area contributed by atoms with Gasteiger partial charge in [0.15, 0.2) is 33.4 Å². The van der Waals surface area contributed by atoms with Crippen molar-refractivity contribution in [3.8, 4) is 11.5 Å². The largest absolute Gasteiger partial charge is 0.504 e. The first kappa shape index (κ1) is 29.6. The number of hydrogen-bond acceptors (Lipinski definition) is 12. The Morgan fingerprint density at radius 3 is 2.58 bits per heavy atom. The fraction of sp³-hybridized carbons (Fsp3) is 0.320. The van der Waals surface area contributed by atoms with Crippen LogP contribution in [0, 0.1) is 0 Å². The number of thiazole rings is 1. The molecule has 2 unspecified atom stereocenters. The number of nitrogens with two attached hydrogens (primary N) is 1. The second kappa shape index (κ2) is 10.8. The number of aryl methyl sites for hydroxylation is 1. The monoisotopic (exact) mass is 632 g/mol. The van der Waals surface area contributed by atoms with Crippen LogP contribution in [-0.2, 0) is 37.6 Å². The molecule has 2 atom stereocenters. The van der Waals surface area contributed by atoms with E-state index in [1.54, 1.807) is 22.5 Å². The van der Waals surface area contributed by atoms with Gasteiger partial charge < -0.3 is 36.3 Å². The van der Waals surface area contributed by atoms with E-state index >= 15 is 0 Å². The van der Waals surface area contributed by atoms with Gasteiger partial charge in [0.2, 0.25) is 11.9 Å². The van der Waals surface area contributed by atoms with E-state index in [0.717, 1.165) is 16.2 Å². The van der Waals surface area contributed by atoms with Crippen molar-refractivity contribution in [3.63, 3.8) is 0 Å². The lowest BCUT2D eigenvalue weighted by molar-refractivity contribution is -0.645. The number of aromatic nitrogens is 3. The Labute approximate surface area is 250 Å². The minimum Gasteiger partial charge on any atom is -0.504 e. The molecule has 43 heavy (non-hydrogen) atoms. The van der Waals surface area contributed by atoms with Crippen molar-refractivity contribution in [1.82, 2.24) is 19.8 Å². The van der Waals surface area contributed by atoms with E-state index in [1.807, 2.05) is 0 Å². The van der Waals surface area contributed by atoms with Gasteiger partial charge in [0.1, 0.15) is 29.4 Å². The fourth-order valence-corrected chi connectivity index (χ4v) is 6.43. The third kappa shape index (κ3) is 5.29. The van der Waals surface area contributed by atoms with Crippen LogP contribution in [0.4, 0.5) is 5.13 Å². The van der Waals surface area contributed by atoms with E-state index in [4.69, 9.17) is 10.6 Å². The van der Waals surface area contributed by atoms with Crippen LogP contribution < -0.4 is 15.6 Å². The van der Waals surface area contributed by atoms with Gasteiger partial charge in [-0.05, 0) is 13.8 Å². The van der Waals surface area contributed by atoms with Crippen LogP contribution >= 0.6 is 23.1 Å². The number of amides is 2. The predicted molar refractivity (Wildman–Crippen MR) is 152 cm³/mol. The summed E-state index contributed by atoms with van der Waals surface area (Å²) >= 11 is 2.25. The number of carbonyl (C=O) groups is 4. The highest BCUT2D eigenvalue weighted by Gasteiger charge is 2.54. The Morgan fingerprint density at radius 1 is 1.26 bits per heavy atom. The highest BCUT2D eigenvalue weighted by Crippen LogP contribution is 2.41. The summed E-state index contributed by atoms with van der Waals surface area (Å²) in [5, 5.41) is 46.3. The molecule has 0 spiro atoms. The first-order valence-corrected chi connectivity index (χ1v) is 14.4. The molecular weight excluding hydrogens is 606 g/mol. The van der Waals surface area contributed by atoms with Gasteiger partial charge in [-0.3, -0.25) is 14.5 Å². The Kier molecular flexibility index (Phi) is 7.43. The fourth-order valence-electron chi connectivity index (χ4n) is 4.55. The van der Waals surface area contributed by atoms with Gasteiger partial charge in [-0.25, -0.2) is 23.7 Å². The Balaban J connectivity index is 1.40. The van der Waals surface area contributed by atoms with Crippen molar-refractivity contribution < 1.29 is 49.0 Å². The van der Waals surface area contributed by atoms with Crippen LogP contribution in [0.3, 0.4) is 0 Å². The average Bonchev–Trinajstić information content (AvgIpc) is 3.49. The number of anilines is 1. The van der Waals surface area contributed by atoms with Gasteiger partial charge in [-0.1, -0.05) is 5.16 Å². The first-order chi connectivity index (χ1) is 20.2. The zero-order valence-electron chi connectivity index (χ0n) is 22.8. The summed E-state index contributed by atoms with van der Waals surface area (Å²) in [6.45, 7) is 2.54. The number of aromatic hydroxyl groups is 2. The number of fused-ring (bicyclic) bond motifs is 2. The number of carbonyl (C=O) groups excluding carboxylic acids is 2. The Hall–Kier alpha value is -4.84. The maximum absolute atomic E-state index is 13.3. The molecule has 226 valence electrons. The molecule has 1 fully saturated rings. The van der Waals surface area contributed by atoms with Crippen molar-refractivity contribution >= 4 is 68.7 Å². The summed E-state index contributed by atoms with van der Waals surface area (Å²) in [7, 11) is 1.73. The van der Waals surface area contributed by atoms with Crippen LogP contribution in [0.1, 0.15) is 19.5 Å². The SMILES string of the molecule is C[n+]1cn(CC2=C(C(=O)O)N3C(=O)C(NC(=O)/C(=N\OC(C)(C)C(=O)O)c4csc(N)n4)C3SC2)c2cc(O)c(O)cc21. The third-order valence-electron chi connectivity index (χ3n) is 6.83. The minimum absolute atomic E-state index is 0.000916. The highest BCUT2D eigenvalue weighted by molar-refractivity contribution is 8.00. The van der Waals surface area contributed by atoms with E-state index in [2.05, 4.69) is 15.5 Å². The van der Waals surface area contributed by atoms with Crippen molar-refractivity contribution in [3.05, 3.63) is 40.8 Å². The number of aliphatic carboxylic acids is 2. The summed E-state index contributed by atoms with van der Waals surface area (Å²) in [6.07, 6.45) is 1.67. The van der Waals surface area contributed by atoms with Crippen molar-refractivity contribution in [1.29, 1.82) is 0 Å². The molecular formula is C25H26N7O9S2+. The molecule has 18 heteroatoms. The van der Waals surface area contributed by atoms with Gasteiger partial charge in [0, 0.05) is 28.8 Å². The zero-order valence-corrected chi connectivity index (χ0v) is 24.5. The summed E-state index contributed by atoms with van der Waals surface area (Å²) in [4.78, 5) is 60.6. The molecule has 16 nitrogen and oxygen atoms in total. The average molecular weight is 633 g/mol. The third-order valence-corrected chi connectivity index (χ3v) is 8.84. The molecule has 1 saturated heterocycles. The van der Waals surface area contributed by atoms with E-state index in [9.17, 15) is 39.6 Å². The number of oxime groups is 1. The molecule has 2 aromatic heterocycles. The van der Waals surface area contributed by atoms with E-state index in [0.29, 0.717) is 16.6 Å². The number of carboxylic acid groups (broad SMARTS) is 2. The number of imidazole rings is 1. The minimum atomic E-state index is -1.78. The van der Waals surface area contributed by atoms with Gasteiger partial charge in [0.25, 0.3) is 11.8 Å². The van der Waals surface area contributed by atoms with Crippen molar-refractivity contribution in [2.45, 2.75) is 37.4 Å². The van der Waals surface area contributed by atoms with E-state index < -0.39 is 46.5 Å². The van der Waals surface area contributed by atoms with Crippen molar-refractivity contribution in [2.24, 2.45) is 12.2 Å². The van der Waals surface area contributed by atoms with Crippen molar-refractivity contribution in [2.75, 3.05) is 11.5 Å². The molecule has 2 aliphatic rings. The molecule has 1 aromatic carbocycles. The Bertz CT molecular complexity index is 1760. The molecule has 4 heterocycles. The van der Waals surface area contributed by atoms with Crippen LogP contribution in [0.25, 0.3) is 11.0 Å². The molecule has 2 amide bonds. The standard InChI is InChI=1S/C25H25N7O9S2/c1-25(2,23(39)40)41-29-16(11-8-43-24(26)27-11)19(35)28-17-20(36)32-18(22(37)38)10(7-42-21(17)32)6-31-9-30(3)12-4-14(33)15(34)5-13(12)31/h4-5,8-9,17,21H,6-7H2,1-3H3,(H6-,26,27,28,29,33,34,35,37,38,39,40)/p+1. The number of phenols is 2. The second-order valence-electron chi connectivity index (χ2n) is 10.2. The number of rotatable bonds is 9. The number of β-lactam (4-membered cyclic amide) rings is 1. The van der Waals surface area contributed by atoms with Crippen LogP contribution in [0.15, 0.2) is 40.3 Å². The molecule has 0 aliphatic carbocycles. The molecule has 3 aromatic rings. The summed E-state index contributed by atoms with van der Waals surface area (Å²) < 4.78 is 3.39. The summed E-state index contributed by atoms with van der Waals surface area (Å²) in [5.74, 6) is -4.67. The first-order valence-electron chi connectivity index (χ1n) is 12.5. The summed E-state index contributed by atoms with van der Waals surface area (Å²) in [6, 6.07) is 1.63. The second-order valence-corrected chi connectivity index (χ2v) is 12.2. The number of benzene rings is 1. The predicted octanol–water partition coefficient (Wildman–Crippen LogP) is -0.0616. The van der Waals surface area contributed by atoms with Gasteiger partial charge in [0.05, 0.1) is 7.05 Å². The molecule has 7 N–H and O–H groups in total. The zero-order chi connectivity index (χ0) is 31.4. The lowest BCUT2D eigenvalue weighted by atomic mass is 10.0. The number of nitrogen functional groups attached to an aromatic ring is 1. The molecule has 0 saturated carbocycles. The lowest BCUT2D eigenvalue weighted by Crippen LogP contribution is -2.71. The summed E-state index contributed by atoms with van der Waals surface area (Å²) in [5.41, 5.74) is 4.81. The van der Waals surface area contributed by atoms with E-state index in [-0.39, 0.29) is 40.3 Å². The Morgan fingerprint density at radius 2 is 1.95 bits per heavy atom. The number of carboxylic acids is 2. The lowest BCUT2D eigenvalue weighted by Gasteiger charge is -2.49. The van der Waals surface area contributed by atoms with Crippen LogP contribution in [0.5, 0.6) is 11.5 Å². The number of nitrogens with one attached hydrogen (secondary N) is 1. The number of nitrogens with zero attached hydrogens (tertiary/aromatic N) is 5.